The average molecular weight is 364 g/mol. The normalized spacial score (nSPS) is 15.0. The molecule has 1 fully saturated rings. The molecular formula is C17H20N2O3S2. The quantitative estimate of drug-likeness (QED) is 0.887. The van der Waals surface area contributed by atoms with Gasteiger partial charge >= 0.3 is 0 Å². The number of likely N-dealkylation sites (tertiary alicyclic amines) is 1. The van der Waals surface area contributed by atoms with Gasteiger partial charge in [-0.15, -0.1) is 11.3 Å². The highest BCUT2D eigenvalue weighted by molar-refractivity contribution is 7.91. The first-order valence-electron chi connectivity index (χ1n) is 7.90. The number of rotatable bonds is 5. The summed E-state index contributed by atoms with van der Waals surface area (Å²) in [6, 6.07) is 10.8. The fourth-order valence-electron chi connectivity index (χ4n) is 2.61. The lowest BCUT2D eigenvalue weighted by Crippen LogP contribution is -2.26. The standard InChI is InChI=1S/C17H20N2O3S2/c1-13-4-6-14(7-5-13)12-18-24(21,22)16-9-8-15(23-16)17(20)19-10-2-3-11-19/h4-9,18H,2-3,10-12H2,1H3. The Labute approximate surface area is 146 Å². The molecule has 0 spiro atoms. The zero-order chi connectivity index (χ0) is 17.2. The van der Waals surface area contributed by atoms with Gasteiger partial charge in [-0.05, 0) is 37.5 Å². The lowest BCUT2D eigenvalue weighted by atomic mass is 10.2. The van der Waals surface area contributed by atoms with E-state index in [1.54, 1.807) is 11.0 Å². The molecule has 0 saturated carbocycles. The van der Waals surface area contributed by atoms with E-state index in [1.807, 2.05) is 31.2 Å². The molecule has 0 unspecified atom stereocenters. The molecule has 24 heavy (non-hydrogen) atoms. The number of nitrogens with zero attached hydrogens (tertiary/aromatic N) is 1. The van der Waals surface area contributed by atoms with E-state index in [1.165, 1.54) is 6.07 Å². The van der Waals surface area contributed by atoms with Gasteiger partial charge in [-0.1, -0.05) is 29.8 Å². The summed E-state index contributed by atoms with van der Waals surface area (Å²) in [4.78, 5) is 14.6. The summed E-state index contributed by atoms with van der Waals surface area (Å²) in [5.41, 5.74) is 2.03. The van der Waals surface area contributed by atoms with Crippen LogP contribution in [0.5, 0.6) is 0 Å². The van der Waals surface area contributed by atoms with Crippen LogP contribution in [0.15, 0.2) is 40.6 Å². The fourth-order valence-corrected chi connectivity index (χ4v) is 4.95. The van der Waals surface area contributed by atoms with E-state index in [0.29, 0.717) is 4.88 Å². The van der Waals surface area contributed by atoms with Crippen LogP contribution in [0.3, 0.4) is 0 Å². The topological polar surface area (TPSA) is 66.5 Å². The van der Waals surface area contributed by atoms with Crippen molar-refractivity contribution in [2.24, 2.45) is 0 Å². The number of nitrogens with one attached hydrogen (secondary N) is 1. The Morgan fingerprint density at radius 2 is 1.79 bits per heavy atom. The molecule has 7 heteroatoms. The molecule has 0 radical (unpaired) electrons. The van der Waals surface area contributed by atoms with Crippen molar-refractivity contribution in [1.29, 1.82) is 0 Å². The van der Waals surface area contributed by atoms with Crippen molar-refractivity contribution < 1.29 is 13.2 Å². The van der Waals surface area contributed by atoms with Gasteiger partial charge in [0.15, 0.2) is 0 Å². The molecule has 0 atom stereocenters. The Morgan fingerprint density at radius 1 is 1.12 bits per heavy atom. The molecule has 1 aliphatic heterocycles. The third-order valence-electron chi connectivity index (χ3n) is 4.04. The van der Waals surface area contributed by atoms with Gasteiger partial charge in [0.05, 0.1) is 4.88 Å². The minimum atomic E-state index is -3.61. The molecule has 0 bridgehead atoms. The SMILES string of the molecule is Cc1ccc(CNS(=O)(=O)c2ccc(C(=O)N3CCCC3)s2)cc1. The summed E-state index contributed by atoms with van der Waals surface area (Å²) >= 11 is 1.03. The lowest BCUT2D eigenvalue weighted by molar-refractivity contribution is 0.0797. The second-order valence-corrected chi connectivity index (χ2v) is 9.01. The van der Waals surface area contributed by atoms with E-state index in [9.17, 15) is 13.2 Å². The van der Waals surface area contributed by atoms with E-state index in [-0.39, 0.29) is 16.7 Å². The Bertz CT molecular complexity index is 820. The number of carbonyl (C=O) groups is 1. The molecule has 3 rings (SSSR count). The number of thiophene rings is 1. The van der Waals surface area contributed by atoms with Crippen molar-refractivity contribution in [1.82, 2.24) is 9.62 Å². The molecule has 1 amide bonds. The predicted molar refractivity (Wildman–Crippen MR) is 94.7 cm³/mol. The molecule has 128 valence electrons. The maximum atomic E-state index is 12.4. The van der Waals surface area contributed by atoms with Crippen LogP contribution in [-0.2, 0) is 16.6 Å². The second kappa shape index (κ2) is 7.04. The van der Waals surface area contributed by atoms with Crippen molar-refractivity contribution >= 4 is 27.3 Å². The average Bonchev–Trinajstić information content (AvgIpc) is 3.25. The summed E-state index contributed by atoms with van der Waals surface area (Å²) in [7, 11) is -3.61. The zero-order valence-corrected chi connectivity index (χ0v) is 15.1. The van der Waals surface area contributed by atoms with Crippen LogP contribution in [0.2, 0.25) is 0 Å². The number of aryl methyl sites for hydroxylation is 1. The fraction of sp³-hybridized carbons (Fsp3) is 0.353. The number of benzene rings is 1. The Hall–Kier alpha value is -1.70. The van der Waals surface area contributed by atoms with E-state index >= 15 is 0 Å². The van der Waals surface area contributed by atoms with Crippen LogP contribution >= 0.6 is 11.3 Å². The highest BCUT2D eigenvalue weighted by atomic mass is 32.2. The summed E-state index contributed by atoms with van der Waals surface area (Å²) in [5.74, 6) is -0.0718. The first-order chi connectivity index (χ1) is 11.5. The van der Waals surface area contributed by atoms with Crippen LogP contribution in [-0.4, -0.2) is 32.3 Å². The molecular weight excluding hydrogens is 344 g/mol. The number of hydrogen-bond donors (Lipinski definition) is 1. The van der Waals surface area contributed by atoms with E-state index < -0.39 is 10.0 Å². The van der Waals surface area contributed by atoms with Crippen LogP contribution in [0.1, 0.15) is 33.6 Å². The van der Waals surface area contributed by atoms with Crippen molar-refractivity contribution in [2.75, 3.05) is 13.1 Å². The van der Waals surface area contributed by atoms with E-state index in [2.05, 4.69) is 4.72 Å². The maximum absolute atomic E-state index is 12.4. The van der Waals surface area contributed by atoms with E-state index in [4.69, 9.17) is 0 Å². The minimum Gasteiger partial charge on any atom is -0.338 e. The third kappa shape index (κ3) is 3.85. The van der Waals surface area contributed by atoms with Crippen molar-refractivity contribution in [2.45, 2.75) is 30.5 Å². The number of hydrogen-bond acceptors (Lipinski definition) is 4. The van der Waals surface area contributed by atoms with Crippen LogP contribution in [0, 0.1) is 6.92 Å². The maximum Gasteiger partial charge on any atom is 0.263 e. The lowest BCUT2D eigenvalue weighted by Gasteiger charge is -2.13. The van der Waals surface area contributed by atoms with Crippen molar-refractivity contribution in [3.05, 3.63) is 52.4 Å². The van der Waals surface area contributed by atoms with Gasteiger partial charge in [0.1, 0.15) is 4.21 Å². The molecule has 0 aliphatic carbocycles. The number of sulfonamides is 1. The Balaban J connectivity index is 1.68. The third-order valence-corrected chi connectivity index (χ3v) is 7.00. The highest BCUT2D eigenvalue weighted by Crippen LogP contribution is 2.24. The van der Waals surface area contributed by atoms with Gasteiger partial charge in [0.2, 0.25) is 10.0 Å². The molecule has 1 aromatic carbocycles. The molecule has 2 aromatic rings. The number of carbonyl (C=O) groups excluding carboxylic acids is 1. The highest BCUT2D eigenvalue weighted by Gasteiger charge is 2.23. The molecule has 2 heterocycles. The van der Waals surface area contributed by atoms with Crippen LogP contribution in [0.4, 0.5) is 0 Å². The summed E-state index contributed by atoms with van der Waals surface area (Å²) < 4.78 is 27.6. The summed E-state index contributed by atoms with van der Waals surface area (Å²) in [6.45, 7) is 3.73. The van der Waals surface area contributed by atoms with Gasteiger partial charge in [0.25, 0.3) is 5.91 Å². The largest absolute Gasteiger partial charge is 0.338 e. The molecule has 1 aromatic heterocycles. The molecule has 5 nitrogen and oxygen atoms in total. The van der Waals surface area contributed by atoms with Gasteiger partial charge < -0.3 is 4.90 Å². The Kier molecular flexibility index (Phi) is 5.03. The van der Waals surface area contributed by atoms with Gasteiger partial charge in [-0.3, -0.25) is 4.79 Å². The molecule has 1 N–H and O–H groups in total. The van der Waals surface area contributed by atoms with Gasteiger partial charge in [0, 0.05) is 19.6 Å². The van der Waals surface area contributed by atoms with Gasteiger partial charge in [-0.2, -0.15) is 0 Å². The molecule has 1 saturated heterocycles. The monoisotopic (exact) mass is 364 g/mol. The first kappa shape index (κ1) is 17.1. The minimum absolute atomic E-state index is 0.0718. The smallest absolute Gasteiger partial charge is 0.263 e. The Morgan fingerprint density at radius 3 is 2.46 bits per heavy atom. The zero-order valence-electron chi connectivity index (χ0n) is 13.5. The van der Waals surface area contributed by atoms with Gasteiger partial charge in [-0.25, -0.2) is 13.1 Å². The van der Waals surface area contributed by atoms with Crippen LogP contribution in [0.25, 0.3) is 0 Å². The summed E-state index contributed by atoms with van der Waals surface area (Å²) in [5, 5.41) is 0. The second-order valence-electron chi connectivity index (χ2n) is 5.93. The number of amides is 1. The van der Waals surface area contributed by atoms with Crippen molar-refractivity contribution in [3.8, 4) is 0 Å². The molecule has 1 aliphatic rings. The predicted octanol–water partition coefficient (Wildman–Crippen LogP) is 2.77. The summed E-state index contributed by atoms with van der Waals surface area (Å²) in [6.07, 6.45) is 2.03. The van der Waals surface area contributed by atoms with Crippen molar-refractivity contribution in [3.63, 3.8) is 0 Å². The van der Waals surface area contributed by atoms with E-state index in [0.717, 1.165) is 48.4 Å². The first-order valence-corrected chi connectivity index (χ1v) is 10.2. The van der Waals surface area contributed by atoms with Crippen LogP contribution < -0.4 is 4.72 Å².